The van der Waals surface area contributed by atoms with Gasteiger partial charge in [-0.2, -0.15) is 0 Å². The smallest absolute Gasteiger partial charge is 0.224 e. The molecule has 0 radical (unpaired) electrons. The van der Waals surface area contributed by atoms with Gasteiger partial charge in [-0.15, -0.1) is 0 Å². The number of hydrogen-bond acceptors (Lipinski definition) is 3. The first-order valence-corrected chi connectivity index (χ1v) is 6.94. The van der Waals surface area contributed by atoms with E-state index in [1.165, 1.54) is 0 Å². The molecule has 1 aliphatic heterocycles. The summed E-state index contributed by atoms with van der Waals surface area (Å²) in [5.74, 6) is 0.0892. The van der Waals surface area contributed by atoms with Crippen LogP contribution in [0.3, 0.4) is 0 Å². The van der Waals surface area contributed by atoms with Crippen LogP contribution in [0.5, 0.6) is 0 Å². The Hall–Kier alpha value is -1.10. The van der Waals surface area contributed by atoms with Crippen LogP contribution in [0.2, 0.25) is 0 Å². The van der Waals surface area contributed by atoms with Gasteiger partial charge in [0.25, 0.3) is 0 Å². The zero-order chi connectivity index (χ0) is 13.4. The molecule has 2 amide bonds. The van der Waals surface area contributed by atoms with E-state index in [4.69, 9.17) is 0 Å². The van der Waals surface area contributed by atoms with Crippen LogP contribution in [0, 0.1) is 5.92 Å². The first-order valence-electron chi connectivity index (χ1n) is 6.94. The molecule has 0 bridgehead atoms. The molecule has 1 aliphatic rings. The Morgan fingerprint density at radius 2 is 2.17 bits per heavy atom. The third kappa shape index (κ3) is 5.04. The Balaban J connectivity index is 2.11. The largest absolute Gasteiger partial charge is 0.356 e. The lowest BCUT2D eigenvalue weighted by Crippen LogP contribution is -2.43. The Morgan fingerprint density at radius 1 is 1.44 bits per heavy atom. The summed E-state index contributed by atoms with van der Waals surface area (Å²) in [7, 11) is 0. The standard InChI is InChI=1S/C13H25N3O2/c1-3-16(4-2)9-5-8-14-13(18)11-6-7-12(17)15-10-11/h11H,3-10H2,1-2H3,(H,14,18)(H,15,17). The second-order valence-corrected chi connectivity index (χ2v) is 4.71. The van der Waals surface area contributed by atoms with E-state index in [1.807, 2.05) is 0 Å². The fraction of sp³-hybridized carbons (Fsp3) is 0.846. The average molecular weight is 255 g/mol. The zero-order valence-electron chi connectivity index (χ0n) is 11.5. The molecule has 1 saturated heterocycles. The number of amides is 2. The summed E-state index contributed by atoms with van der Waals surface area (Å²) in [5.41, 5.74) is 0. The van der Waals surface area contributed by atoms with Crippen molar-refractivity contribution in [1.29, 1.82) is 0 Å². The van der Waals surface area contributed by atoms with E-state index >= 15 is 0 Å². The lowest BCUT2D eigenvalue weighted by Gasteiger charge is -2.22. The molecule has 104 valence electrons. The minimum absolute atomic E-state index is 0.0452. The average Bonchev–Trinajstić information content (AvgIpc) is 2.39. The molecule has 5 nitrogen and oxygen atoms in total. The van der Waals surface area contributed by atoms with E-state index in [2.05, 4.69) is 29.4 Å². The van der Waals surface area contributed by atoms with Crippen molar-refractivity contribution in [1.82, 2.24) is 15.5 Å². The number of piperidine rings is 1. The summed E-state index contributed by atoms with van der Waals surface area (Å²) in [6.45, 7) is 8.63. The van der Waals surface area contributed by atoms with Crippen molar-refractivity contribution in [3.05, 3.63) is 0 Å². The number of carbonyl (C=O) groups is 2. The summed E-state index contributed by atoms with van der Waals surface area (Å²) >= 11 is 0. The normalized spacial score (nSPS) is 19.7. The van der Waals surface area contributed by atoms with Crippen molar-refractivity contribution in [2.24, 2.45) is 5.92 Å². The lowest BCUT2D eigenvalue weighted by atomic mass is 9.98. The Labute approximate surface area is 109 Å². The van der Waals surface area contributed by atoms with Crippen LogP contribution in [-0.2, 0) is 9.59 Å². The molecule has 0 aromatic rings. The van der Waals surface area contributed by atoms with Gasteiger partial charge >= 0.3 is 0 Å². The molecule has 1 heterocycles. The predicted octanol–water partition coefficient (Wildman–Crippen LogP) is 0.361. The van der Waals surface area contributed by atoms with Gasteiger partial charge in [0.2, 0.25) is 11.8 Å². The van der Waals surface area contributed by atoms with Gasteiger partial charge in [0.1, 0.15) is 0 Å². The number of nitrogens with zero attached hydrogens (tertiary/aromatic N) is 1. The van der Waals surface area contributed by atoms with E-state index in [9.17, 15) is 9.59 Å². The first kappa shape index (κ1) is 15.0. The molecule has 0 aromatic carbocycles. The van der Waals surface area contributed by atoms with Gasteiger partial charge in [-0.25, -0.2) is 0 Å². The predicted molar refractivity (Wildman–Crippen MR) is 71.1 cm³/mol. The molecule has 1 atom stereocenters. The van der Waals surface area contributed by atoms with Crippen molar-refractivity contribution in [2.75, 3.05) is 32.7 Å². The molecular weight excluding hydrogens is 230 g/mol. The molecular formula is C13H25N3O2. The van der Waals surface area contributed by atoms with Crippen molar-refractivity contribution in [3.8, 4) is 0 Å². The highest BCUT2D eigenvalue weighted by atomic mass is 16.2. The SMILES string of the molecule is CCN(CC)CCCNC(=O)C1CCC(=O)NC1. The van der Waals surface area contributed by atoms with Crippen LogP contribution in [-0.4, -0.2) is 49.4 Å². The number of carbonyl (C=O) groups excluding carboxylic acids is 2. The maximum absolute atomic E-state index is 11.8. The summed E-state index contributed by atoms with van der Waals surface area (Å²) in [4.78, 5) is 25.1. The highest BCUT2D eigenvalue weighted by Crippen LogP contribution is 2.10. The van der Waals surface area contributed by atoms with Crippen LogP contribution >= 0.6 is 0 Å². The minimum atomic E-state index is -0.0452. The van der Waals surface area contributed by atoms with Gasteiger partial charge in [-0.1, -0.05) is 13.8 Å². The van der Waals surface area contributed by atoms with Crippen LogP contribution < -0.4 is 10.6 Å². The molecule has 2 N–H and O–H groups in total. The summed E-state index contributed by atoms with van der Waals surface area (Å²) in [6.07, 6.45) is 2.12. The van der Waals surface area contributed by atoms with Crippen LogP contribution in [0.4, 0.5) is 0 Å². The fourth-order valence-corrected chi connectivity index (χ4v) is 2.16. The highest BCUT2D eigenvalue weighted by Gasteiger charge is 2.23. The molecule has 0 aromatic heterocycles. The van der Waals surface area contributed by atoms with Crippen molar-refractivity contribution < 1.29 is 9.59 Å². The second kappa shape index (κ2) is 8.08. The molecule has 0 saturated carbocycles. The fourth-order valence-electron chi connectivity index (χ4n) is 2.16. The Morgan fingerprint density at radius 3 is 2.72 bits per heavy atom. The molecule has 0 spiro atoms. The van der Waals surface area contributed by atoms with E-state index in [0.29, 0.717) is 19.4 Å². The number of rotatable bonds is 7. The monoisotopic (exact) mass is 255 g/mol. The second-order valence-electron chi connectivity index (χ2n) is 4.71. The summed E-state index contributed by atoms with van der Waals surface area (Å²) in [6, 6.07) is 0. The van der Waals surface area contributed by atoms with E-state index < -0.39 is 0 Å². The quantitative estimate of drug-likeness (QED) is 0.646. The number of nitrogens with one attached hydrogen (secondary N) is 2. The first-order chi connectivity index (χ1) is 8.67. The molecule has 5 heteroatoms. The van der Waals surface area contributed by atoms with Crippen LogP contribution in [0.25, 0.3) is 0 Å². The molecule has 1 unspecified atom stereocenters. The van der Waals surface area contributed by atoms with Crippen LogP contribution in [0.1, 0.15) is 33.1 Å². The third-order valence-electron chi connectivity index (χ3n) is 3.48. The topological polar surface area (TPSA) is 61.4 Å². The third-order valence-corrected chi connectivity index (χ3v) is 3.48. The van der Waals surface area contributed by atoms with E-state index in [1.54, 1.807) is 0 Å². The maximum Gasteiger partial charge on any atom is 0.224 e. The highest BCUT2D eigenvalue weighted by molar-refractivity contribution is 5.83. The summed E-state index contributed by atoms with van der Waals surface area (Å²) < 4.78 is 0. The van der Waals surface area contributed by atoms with Crippen molar-refractivity contribution >= 4 is 11.8 Å². The Kier molecular flexibility index (Phi) is 6.72. The maximum atomic E-state index is 11.8. The Bertz CT molecular complexity index is 267. The summed E-state index contributed by atoms with van der Waals surface area (Å²) in [5, 5.41) is 5.69. The molecule has 0 aliphatic carbocycles. The molecule has 1 fully saturated rings. The van der Waals surface area contributed by atoms with Crippen LogP contribution in [0.15, 0.2) is 0 Å². The van der Waals surface area contributed by atoms with E-state index in [-0.39, 0.29) is 17.7 Å². The van der Waals surface area contributed by atoms with Crippen molar-refractivity contribution in [3.63, 3.8) is 0 Å². The molecule has 18 heavy (non-hydrogen) atoms. The lowest BCUT2D eigenvalue weighted by molar-refractivity contribution is -0.128. The van der Waals surface area contributed by atoms with Gasteiger partial charge in [-0.3, -0.25) is 9.59 Å². The minimum Gasteiger partial charge on any atom is -0.356 e. The number of hydrogen-bond donors (Lipinski definition) is 2. The van der Waals surface area contributed by atoms with E-state index in [0.717, 1.165) is 32.6 Å². The zero-order valence-corrected chi connectivity index (χ0v) is 11.5. The van der Waals surface area contributed by atoms with Crippen molar-refractivity contribution in [2.45, 2.75) is 33.1 Å². The molecule has 1 rings (SSSR count). The van der Waals surface area contributed by atoms with Gasteiger partial charge in [0, 0.05) is 19.5 Å². The van der Waals surface area contributed by atoms with Gasteiger partial charge in [0.05, 0.1) is 5.92 Å². The van der Waals surface area contributed by atoms with Gasteiger partial charge in [-0.05, 0) is 32.5 Å². The van der Waals surface area contributed by atoms with Gasteiger partial charge < -0.3 is 15.5 Å². The van der Waals surface area contributed by atoms with Gasteiger partial charge in [0.15, 0.2) is 0 Å².